The van der Waals surface area contributed by atoms with E-state index >= 15 is 0 Å². The van der Waals surface area contributed by atoms with Gasteiger partial charge in [0.05, 0.1) is 5.92 Å². The molecule has 1 heterocycles. The Morgan fingerprint density at radius 2 is 2.24 bits per heavy atom. The van der Waals surface area contributed by atoms with Crippen molar-refractivity contribution in [2.24, 2.45) is 5.92 Å². The minimum Gasteiger partial charge on any atom is -0.481 e. The van der Waals surface area contributed by atoms with Crippen LogP contribution in [0.15, 0.2) is 18.2 Å². The van der Waals surface area contributed by atoms with Gasteiger partial charge in [0.15, 0.2) is 0 Å². The average molecular weight is 233 g/mol. The van der Waals surface area contributed by atoms with Crippen LogP contribution in [-0.2, 0) is 17.8 Å². The Labute approximate surface area is 99.9 Å². The number of rotatable bonds is 3. The Morgan fingerprint density at radius 1 is 1.53 bits per heavy atom. The highest BCUT2D eigenvalue weighted by Crippen LogP contribution is 2.23. The molecular weight excluding hydrogens is 218 g/mol. The molecule has 0 saturated carbocycles. The zero-order valence-corrected chi connectivity index (χ0v) is 9.93. The molecule has 1 aliphatic rings. The van der Waals surface area contributed by atoms with Gasteiger partial charge in [0.2, 0.25) is 0 Å². The quantitative estimate of drug-likeness (QED) is 0.861. The van der Waals surface area contributed by atoms with Crippen molar-refractivity contribution in [2.75, 3.05) is 7.05 Å². The van der Waals surface area contributed by atoms with Crippen LogP contribution in [0.1, 0.15) is 28.4 Å². The minimum atomic E-state index is -0.811. The molecule has 1 amide bonds. The summed E-state index contributed by atoms with van der Waals surface area (Å²) in [6.45, 7) is 2.31. The fraction of sp³-hybridized carbons (Fsp3) is 0.385. The Bertz CT molecular complexity index is 482. The summed E-state index contributed by atoms with van der Waals surface area (Å²) in [6, 6.07) is 5.64. The van der Waals surface area contributed by atoms with Crippen molar-refractivity contribution in [3.63, 3.8) is 0 Å². The van der Waals surface area contributed by atoms with Gasteiger partial charge < -0.3 is 10.0 Å². The highest BCUT2D eigenvalue weighted by molar-refractivity contribution is 5.98. The smallest absolute Gasteiger partial charge is 0.306 e. The lowest BCUT2D eigenvalue weighted by Gasteiger charge is -2.07. The molecule has 1 atom stereocenters. The highest BCUT2D eigenvalue weighted by atomic mass is 16.4. The number of carbonyl (C=O) groups excluding carboxylic acids is 1. The summed E-state index contributed by atoms with van der Waals surface area (Å²) in [6.07, 6.45) is 0.458. The van der Waals surface area contributed by atoms with Gasteiger partial charge in [0.25, 0.3) is 5.91 Å². The maximum atomic E-state index is 11.8. The lowest BCUT2D eigenvalue weighted by Crippen LogP contribution is -2.17. The van der Waals surface area contributed by atoms with Crippen molar-refractivity contribution < 1.29 is 14.7 Å². The molecule has 0 saturated heterocycles. The first-order chi connectivity index (χ1) is 7.99. The maximum absolute atomic E-state index is 11.8. The molecule has 17 heavy (non-hydrogen) atoms. The molecule has 0 radical (unpaired) electrons. The van der Waals surface area contributed by atoms with Crippen molar-refractivity contribution in [3.8, 4) is 0 Å². The second-order valence-electron chi connectivity index (χ2n) is 4.60. The number of fused-ring (bicyclic) bond motifs is 1. The second-order valence-corrected chi connectivity index (χ2v) is 4.60. The molecule has 0 fully saturated rings. The molecule has 1 aromatic carbocycles. The molecule has 2 rings (SSSR count). The molecule has 0 aliphatic carbocycles. The van der Waals surface area contributed by atoms with Crippen LogP contribution < -0.4 is 0 Å². The van der Waals surface area contributed by atoms with Crippen LogP contribution in [-0.4, -0.2) is 28.9 Å². The zero-order valence-electron chi connectivity index (χ0n) is 9.93. The summed E-state index contributed by atoms with van der Waals surface area (Å²) in [5, 5.41) is 8.86. The fourth-order valence-electron chi connectivity index (χ4n) is 2.06. The van der Waals surface area contributed by atoms with Gasteiger partial charge in [-0.05, 0) is 23.6 Å². The van der Waals surface area contributed by atoms with E-state index in [1.807, 2.05) is 18.2 Å². The first-order valence-corrected chi connectivity index (χ1v) is 5.59. The van der Waals surface area contributed by atoms with Gasteiger partial charge in [-0.1, -0.05) is 19.1 Å². The molecule has 0 spiro atoms. The van der Waals surface area contributed by atoms with Crippen LogP contribution in [0.5, 0.6) is 0 Å². The zero-order chi connectivity index (χ0) is 12.6. The van der Waals surface area contributed by atoms with Crippen LogP contribution in [0.2, 0.25) is 0 Å². The molecule has 90 valence electrons. The van der Waals surface area contributed by atoms with Gasteiger partial charge in [-0.2, -0.15) is 0 Å². The monoisotopic (exact) mass is 233 g/mol. The number of carbonyl (C=O) groups is 2. The molecule has 0 bridgehead atoms. The van der Waals surface area contributed by atoms with E-state index in [4.69, 9.17) is 5.11 Å². The predicted molar refractivity (Wildman–Crippen MR) is 62.7 cm³/mol. The van der Waals surface area contributed by atoms with E-state index in [9.17, 15) is 9.59 Å². The van der Waals surface area contributed by atoms with E-state index < -0.39 is 11.9 Å². The number of nitrogens with zero attached hydrogens (tertiary/aromatic N) is 1. The van der Waals surface area contributed by atoms with Gasteiger partial charge >= 0.3 is 5.97 Å². The van der Waals surface area contributed by atoms with Crippen molar-refractivity contribution in [3.05, 3.63) is 34.9 Å². The van der Waals surface area contributed by atoms with Gasteiger partial charge in [-0.25, -0.2) is 0 Å². The van der Waals surface area contributed by atoms with Gasteiger partial charge in [-0.15, -0.1) is 0 Å². The lowest BCUT2D eigenvalue weighted by atomic mass is 9.98. The van der Waals surface area contributed by atoms with Crippen LogP contribution in [0.3, 0.4) is 0 Å². The molecule has 4 heteroatoms. The van der Waals surface area contributed by atoms with Crippen LogP contribution in [0.25, 0.3) is 0 Å². The number of carboxylic acid groups (broad SMARTS) is 1. The Morgan fingerprint density at radius 3 is 2.88 bits per heavy atom. The summed E-state index contributed by atoms with van der Waals surface area (Å²) in [5.41, 5.74) is 2.63. The van der Waals surface area contributed by atoms with Crippen LogP contribution in [0.4, 0.5) is 0 Å². The summed E-state index contributed by atoms with van der Waals surface area (Å²) in [4.78, 5) is 24.2. The van der Waals surface area contributed by atoms with E-state index in [1.54, 1.807) is 18.9 Å². The Kier molecular flexibility index (Phi) is 2.88. The largest absolute Gasteiger partial charge is 0.481 e. The number of amides is 1. The molecule has 1 N–H and O–H groups in total. The third kappa shape index (κ3) is 2.16. The maximum Gasteiger partial charge on any atom is 0.306 e. The molecule has 1 aliphatic heterocycles. The molecule has 1 unspecified atom stereocenters. The first kappa shape index (κ1) is 11.6. The van der Waals surface area contributed by atoms with Gasteiger partial charge in [0.1, 0.15) is 0 Å². The molecule has 1 aromatic rings. The molecular formula is C13H15NO3. The SMILES string of the molecule is CC(Cc1ccc2c(c1)C(=O)N(C)C2)C(=O)O. The molecule has 0 aromatic heterocycles. The minimum absolute atomic E-state index is 0.0184. The fourth-order valence-corrected chi connectivity index (χ4v) is 2.06. The average Bonchev–Trinajstić information content (AvgIpc) is 2.55. The van der Waals surface area contributed by atoms with E-state index in [0.717, 1.165) is 11.1 Å². The number of carboxylic acids is 1. The van der Waals surface area contributed by atoms with Crippen molar-refractivity contribution in [1.82, 2.24) is 4.90 Å². The summed E-state index contributed by atoms with van der Waals surface area (Å²) < 4.78 is 0. The third-order valence-corrected chi connectivity index (χ3v) is 3.12. The topological polar surface area (TPSA) is 57.6 Å². The van der Waals surface area contributed by atoms with Crippen LogP contribution >= 0.6 is 0 Å². The number of aliphatic carboxylic acids is 1. The van der Waals surface area contributed by atoms with E-state index in [2.05, 4.69) is 0 Å². The highest BCUT2D eigenvalue weighted by Gasteiger charge is 2.24. The van der Waals surface area contributed by atoms with Crippen molar-refractivity contribution >= 4 is 11.9 Å². The number of hydrogen-bond acceptors (Lipinski definition) is 2. The van der Waals surface area contributed by atoms with Gasteiger partial charge in [0, 0.05) is 19.2 Å². The van der Waals surface area contributed by atoms with Crippen LogP contribution in [0, 0.1) is 5.92 Å². The van der Waals surface area contributed by atoms with E-state index in [0.29, 0.717) is 18.5 Å². The Hall–Kier alpha value is -1.84. The number of hydrogen-bond donors (Lipinski definition) is 1. The van der Waals surface area contributed by atoms with E-state index in [-0.39, 0.29) is 5.91 Å². The second kappa shape index (κ2) is 4.20. The predicted octanol–water partition coefficient (Wildman–Crippen LogP) is 1.54. The summed E-state index contributed by atoms with van der Waals surface area (Å²) in [5.74, 6) is -1.22. The van der Waals surface area contributed by atoms with Crippen molar-refractivity contribution in [2.45, 2.75) is 19.9 Å². The normalized spacial score (nSPS) is 15.9. The van der Waals surface area contributed by atoms with Crippen molar-refractivity contribution in [1.29, 1.82) is 0 Å². The standard InChI is InChI=1S/C13H15NO3/c1-8(13(16)17)5-9-3-4-10-7-14(2)12(15)11(10)6-9/h3-4,6,8H,5,7H2,1-2H3,(H,16,17). The summed E-state index contributed by atoms with van der Waals surface area (Å²) >= 11 is 0. The van der Waals surface area contributed by atoms with Gasteiger partial charge in [-0.3, -0.25) is 9.59 Å². The molecule has 4 nitrogen and oxygen atoms in total. The summed E-state index contributed by atoms with van der Waals surface area (Å²) in [7, 11) is 1.77. The van der Waals surface area contributed by atoms with E-state index in [1.165, 1.54) is 0 Å². The number of benzene rings is 1. The first-order valence-electron chi connectivity index (χ1n) is 5.59. The Balaban J connectivity index is 2.23. The lowest BCUT2D eigenvalue weighted by molar-refractivity contribution is -0.141. The third-order valence-electron chi connectivity index (χ3n) is 3.12.